The largest absolute Gasteiger partial charge is 0.573 e. The topological polar surface area (TPSA) is 80.3 Å². The molecule has 0 saturated carbocycles. The second-order valence-corrected chi connectivity index (χ2v) is 8.09. The Bertz CT molecular complexity index is 1070. The average molecular weight is 497 g/mol. The molecule has 2 aliphatic heterocycles. The smallest absolute Gasteiger partial charge is 0.406 e. The minimum absolute atomic E-state index is 0.00481. The van der Waals surface area contributed by atoms with E-state index < -0.39 is 35.7 Å². The SMILES string of the molecule is O=C(Nc1ccc(OC(F)(F)F)cc1)N1CCCOC2(C1)CN(C(=O)c1ccccc1F)CCO2. The van der Waals surface area contributed by atoms with Crippen LogP contribution in [-0.4, -0.2) is 73.3 Å². The van der Waals surface area contributed by atoms with Gasteiger partial charge in [-0.25, -0.2) is 9.18 Å². The van der Waals surface area contributed by atoms with Gasteiger partial charge in [-0.1, -0.05) is 12.1 Å². The molecular formula is C23H23F4N3O5. The molecule has 2 saturated heterocycles. The molecule has 1 unspecified atom stereocenters. The van der Waals surface area contributed by atoms with E-state index in [9.17, 15) is 27.2 Å². The number of morpholine rings is 1. The number of carbonyl (C=O) groups excluding carboxylic acids is 2. The molecule has 3 amide bonds. The van der Waals surface area contributed by atoms with Crippen LogP contribution < -0.4 is 10.1 Å². The molecule has 188 valence electrons. The summed E-state index contributed by atoms with van der Waals surface area (Å²) in [5, 5.41) is 2.63. The van der Waals surface area contributed by atoms with E-state index in [1.165, 1.54) is 40.1 Å². The maximum absolute atomic E-state index is 14.1. The van der Waals surface area contributed by atoms with Crippen LogP contribution in [0.5, 0.6) is 5.75 Å². The van der Waals surface area contributed by atoms with Crippen LogP contribution in [0.25, 0.3) is 0 Å². The highest BCUT2D eigenvalue weighted by atomic mass is 19.4. The Morgan fingerprint density at radius 3 is 2.34 bits per heavy atom. The molecule has 2 aromatic rings. The fraction of sp³-hybridized carbons (Fsp3) is 0.391. The van der Waals surface area contributed by atoms with Crippen molar-refractivity contribution in [3.63, 3.8) is 0 Å². The number of ether oxygens (including phenoxy) is 3. The van der Waals surface area contributed by atoms with Gasteiger partial charge in [0.15, 0.2) is 0 Å². The summed E-state index contributed by atoms with van der Waals surface area (Å²) in [7, 11) is 0. The van der Waals surface area contributed by atoms with Crippen molar-refractivity contribution in [2.45, 2.75) is 18.6 Å². The number of hydrogen-bond donors (Lipinski definition) is 1. The predicted octanol–water partition coefficient (Wildman–Crippen LogP) is 3.85. The normalized spacial score (nSPS) is 20.9. The maximum Gasteiger partial charge on any atom is 0.573 e. The number of nitrogens with one attached hydrogen (secondary N) is 1. The highest BCUT2D eigenvalue weighted by Crippen LogP contribution is 2.27. The molecule has 0 aliphatic carbocycles. The van der Waals surface area contributed by atoms with Gasteiger partial charge in [0.1, 0.15) is 11.6 Å². The number of rotatable bonds is 3. The van der Waals surface area contributed by atoms with Gasteiger partial charge in [-0.15, -0.1) is 13.2 Å². The summed E-state index contributed by atoms with van der Waals surface area (Å²) < 4.78 is 66.8. The molecule has 8 nitrogen and oxygen atoms in total. The molecule has 0 radical (unpaired) electrons. The van der Waals surface area contributed by atoms with E-state index in [2.05, 4.69) is 10.1 Å². The fourth-order valence-electron chi connectivity index (χ4n) is 3.96. The highest BCUT2D eigenvalue weighted by molar-refractivity contribution is 5.94. The zero-order valence-electron chi connectivity index (χ0n) is 18.5. The third kappa shape index (κ3) is 6.20. The van der Waals surface area contributed by atoms with Crippen molar-refractivity contribution >= 4 is 17.6 Å². The zero-order chi connectivity index (χ0) is 25.1. The van der Waals surface area contributed by atoms with Crippen LogP contribution in [0.2, 0.25) is 0 Å². The number of amides is 3. The van der Waals surface area contributed by atoms with Crippen molar-refractivity contribution in [2.75, 3.05) is 44.7 Å². The second kappa shape index (κ2) is 10.1. The van der Waals surface area contributed by atoms with Gasteiger partial charge in [-0.05, 0) is 42.8 Å². The van der Waals surface area contributed by atoms with Gasteiger partial charge >= 0.3 is 12.4 Å². The molecule has 12 heteroatoms. The number of urea groups is 1. The van der Waals surface area contributed by atoms with Crippen LogP contribution in [0.3, 0.4) is 0 Å². The van der Waals surface area contributed by atoms with Crippen LogP contribution in [-0.2, 0) is 9.47 Å². The van der Waals surface area contributed by atoms with Crippen molar-refractivity contribution < 1.29 is 41.4 Å². The monoisotopic (exact) mass is 497 g/mol. The summed E-state index contributed by atoms with van der Waals surface area (Å²) in [6, 6.07) is 9.92. The highest BCUT2D eigenvalue weighted by Gasteiger charge is 2.43. The van der Waals surface area contributed by atoms with Crippen molar-refractivity contribution in [1.82, 2.24) is 9.80 Å². The summed E-state index contributed by atoms with van der Waals surface area (Å²) in [5.41, 5.74) is 0.204. The lowest BCUT2D eigenvalue weighted by Crippen LogP contribution is -2.60. The molecule has 0 bridgehead atoms. The lowest BCUT2D eigenvalue weighted by atomic mass is 10.1. The number of anilines is 1. The number of carbonyl (C=O) groups is 2. The Balaban J connectivity index is 1.43. The molecule has 35 heavy (non-hydrogen) atoms. The number of hydrogen-bond acceptors (Lipinski definition) is 5. The van der Waals surface area contributed by atoms with Crippen molar-refractivity contribution in [2.24, 2.45) is 0 Å². The van der Waals surface area contributed by atoms with Crippen molar-refractivity contribution in [1.29, 1.82) is 0 Å². The number of alkyl halides is 3. The summed E-state index contributed by atoms with van der Waals surface area (Å²) >= 11 is 0. The minimum Gasteiger partial charge on any atom is -0.406 e. The molecule has 1 atom stereocenters. The molecule has 2 fully saturated rings. The van der Waals surface area contributed by atoms with E-state index in [0.717, 1.165) is 12.1 Å². The fourth-order valence-corrected chi connectivity index (χ4v) is 3.96. The third-order valence-electron chi connectivity index (χ3n) is 5.55. The van der Waals surface area contributed by atoms with E-state index >= 15 is 0 Å². The molecule has 2 heterocycles. The maximum atomic E-state index is 14.1. The van der Waals surface area contributed by atoms with Gasteiger partial charge < -0.3 is 29.3 Å². The van der Waals surface area contributed by atoms with Gasteiger partial charge in [0.2, 0.25) is 5.79 Å². The zero-order valence-corrected chi connectivity index (χ0v) is 18.5. The lowest BCUT2D eigenvalue weighted by Gasteiger charge is -2.43. The summed E-state index contributed by atoms with van der Waals surface area (Å²) in [5.74, 6) is -2.84. The van der Waals surface area contributed by atoms with E-state index in [4.69, 9.17) is 9.47 Å². The van der Waals surface area contributed by atoms with E-state index in [-0.39, 0.29) is 44.1 Å². The van der Waals surface area contributed by atoms with Crippen molar-refractivity contribution in [3.8, 4) is 5.75 Å². The first-order valence-corrected chi connectivity index (χ1v) is 10.9. The quantitative estimate of drug-likeness (QED) is 0.652. The first kappa shape index (κ1) is 24.7. The van der Waals surface area contributed by atoms with Crippen LogP contribution in [0.4, 0.5) is 28.0 Å². The molecule has 1 N–H and O–H groups in total. The van der Waals surface area contributed by atoms with E-state index in [1.807, 2.05) is 0 Å². The van der Waals surface area contributed by atoms with Gasteiger partial charge in [0, 0.05) is 18.8 Å². The second-order valence-electron chi connectivity index (χ2n) is 8.09. The molecule has 4 rings (SSSR count). The standard InChI is InChI=1S/C23H23F4N3O5/c24-19-5-2-1-4-18(19)20(31)29-11-13-34-22(14-29)15-30(10-3-12-33-22)21(32)28-16-6-8-17(9-7-16)35-23(25,26)27/h1-2,4-9H,3,10-15H2,(H,28,32). The molecule has 2 aliphatic rings. The molecular weight excluding hydrogens is 474 g/mol. The number of nitrogens with zero attached hydrogens (tertiary/aromatic N) is 2. The van der Waals surface area contributed by atoms with Crippen LogP contribution in [0.15, 0.2) is 48.5 Å². The van der Waals surface area contributed by atoms with Gasteiger partial charge in [-0.2, -0.15) is 0 Å². The van der Waals surface area contributed by atoms with E-state index in [1.54, 1.807) is 6.07 Å². The molecule has 2 aromatic carbocycles. The van der Waals surface area contributed by atoms with Crippen LogP contribution in [0.1, 0.15) is 16.8 Å². The summed E-state index contributed by atoms with van der Waals surface area (Å²) in [6.07, 6.45) is -4.31. The lowest BCUT2D eigenvalue weighted by molar-refractivity contribution is -0.274. The third-order valence-corrected chi connectivity index (χ3v) is 5.55. The van der Waals surface area contributed by atoms with Gasteiger partial charge in [0.25, 0.3) is 5.91 Å². The van der Waals surface area contributed by atoms with E-state index in [0.29, 0.717) is 13.0 Å². The van der Waals surface area contributed by atoms with Crippen LogP contribution >= 0.6 is 0 Å². The first-order chi connectivity index (χ1) is 16.6. The summed E-state index contributed by atoms with van der Waals surface area (Å²) in [4.78, 5) is 28.7. The Labute approximate surface area is 198 Å². The molecule has 1 spiro atoms. The van der Waals surface area contributed by atoms with Crippen LogP contribution in [0, 0.1) is 5.82 Å². The Morgan fingerprint density at radius 1 is 0.943 bits per heavy atom. The first-order valence-electron chi connectivity index (χ1n) is 10.9. The van der Waals surface area contributed by atoms with Crippen molar-refractivity contribution in [3.05, 3.63) is 59.9 Å². The Kier molecular flexibility index (Phi) is 7.13. The number of benzene rings is 2. The minimum atomic E-state index is -4.81. The predicted molar refractivity (Wildman–Crippen MR) is 115 cm³/mol. The van der Waals surface area contributed by atoms with Gasteiger partial charge in [-0.3, -0.25) is 4.79 Å². The molecule has 0 aromatic heterocycles. The number of halogens is 4. The average Bonchev–Trinajstić information content (AvgIpc) is 3.02. The Hall–Kier alpha value is -3.38. The Morgan fingerprint density at radius 2 is 1.63 bits per heavy atom. The van der Waals surface area contributed by atoms with Gasteiger partial charge in [0.05, 0.1) is 31.9 Å². The summed E-state index contributed by atoms with van der Waals surface area (Å²) in [6.45, 7) is 0.957.